The molecule has 6 nitrogen and oxygen atoms in total. The van der Waals surface area contributed by atoms with Gasteiger partial charge in [-0.3, -0.25) is 10.2 Å². The van der Waals surface area contributed by atoms with Crippen molar-refractivity contribution >= 4 is 5.91 Å². The first-order valence-corrected chi connectivity index (χ1v) is 5.97. The van der Waals surface area contributed by atoms with Gasteiger partial charge in [0.15, 0.2) is 11.5 Å². The van der Waals surface area contributed by atoms with Gasteiger partial charge in [-0.05, 0) is 31.0 Å². The van der Waals surface area contributed by atoms with E-state index in [1.54, 1.807) is 14.2 Å². The predicted molar refractivity (Wildman–Crippen MR) is 71.3 cm³/mol. The maximum absolute atomic E-state index is 11.0. The number of hydrazine groups is 1. The summed E-state index contributed by atoms with van der Waals surface area (Å²) in [7, 11) is 3.14. The average molecular weight is 268 g/mol. The highest BCUT2D eigenvalue weighted by molar-refractivity contribution is 5.75. The molecule has 106 valence electrons. The molecule has 19 heavy (non-hydrogen) atoms. The fraction of sp³-hybridized carbons (Fsp3) is 0.462. The maximum atomic E-state index is 11.0. The molecule has 0 heterocycles. The van der Waals surface area contributed by atoms with Crippen molar-refractivity contribution in [2.45, 2.75) is 19.8 Å². The zero-order valence-electron chi connectivity index (χ0n) is 11.5. The number of amides is 1. The van der Waals surface area contributed by atoms with Gasteiger partial charge in [0.05, 0.1) is 20.8 Å². The second-order valence-electron chi connectivity index (χ2n) is 4.02. The molecule has 0 unspecified atom stereocenters. The third-order valence-corrected chi connectivity index (χ3v) is 2.56. The molecular formula is C13H20N2O4. The van der Waals surface area contributed by atoms with Crippen LogP contribution < -0.4 is 25.5 Å². The second kappa shape index (κ2) is 7.48. The normalized spacial score (nSPS) is 9.89. The summed E-state index contributed by atoms with van der Waals surface area (Å²) in [6.07, 6.45) is 0.871. The quantitative estimate of drug-likeness (QED) is 0.335. The molecule has 1 amide bonds. The number of benzene rings is 1. The van der Waals surface area contributed by atoms with E-state index in [1.807, 2.05) is 19.1 Å². The second-order valence-corrected chi connectivity index (χ2v) is 4.02. The Morgan fingerprint density at radius 1 is 1.26 bits per heavy atom. The Labute approximate surface area is 112 Å². The van der Waals surface area contributed by atoms with Crippen LogP contribution in [0.25, 0.3) is 0 Å². The molecule has 0 aliphatic rings. The third kappa shape index (κ3) is 4.33. The Morgan fingerprint density at radius 2 is 1.84 bits per heavy atom. The van der Waals surface area contributed by atoms with Gasteiger partial charge < -0.3 is 14.2 Å². The average Bonchev–Trinajstić information content (AvgIpc) is 2.43. The van der Waals surface area contributed by atoms with Gasteiger partial charge in [0.1, 0.15) is 0 Å². The lowest BCUT2D eigenvalue weighted by molar-refractivity contribution is -0.121. The number of aryl methyl sites for hydroxylation is 1. The summed E-state index contributed by atoms with van der Waals surface area (Å²) in [5, 5.41) is 0. The van der Waals surface area contributed by atoms with E-state index in [-0.39, 0.29) is 5.91 Å². The number of hydrogen-bond acceptors (Lipinski definition) is 5. The monoisotopic (exact) mass is 268 g/mol. The zero-order chi connectivity index (χ0) is 14.3. The summed E-state index contributed by atoms with van der Waals surface area (Å²) in [5.41, 5.74) is 3.09. The van der Waals surface area contributed by atoms with Crippen LogP contribution in [-0.4, -0.2) is 26.7 Å². The number of methoxy groups -OCH3 is 2. The molecule has 1 aromatic rings. The highest BCUT2D eigenvalue weighted by atomic mass is 16.5. The summed E-state index contributed by atoms with van der Waals surface area (Å²) in [4.78, 5) is 11.0. The van der Waals surface area contributed by atoms with E-state index in [0.29, 0.717) is 36.7 Å². The molecule has 3 N–H and O–H groups in total. The van der Waals surface area contributed by atoms with Crippen LogP contribution in [0, 0.1) is 6.92 Å². The summed E-state index contributed by atoms with van der Waals surface area (Å²) in [6, 6.07) is 3.73. The zero-order valence-corrected chi connectivity index (χ0v) is 11.5. The largest absolute Gasteiger partial charge is 0.493 e. The van der Waals surface area contributed by atoms with Crippen LogP contribution in [0.4, 0.5) is 0 Å². The Balaban J connectivity index is 2.68. The van der Waals surface area contributed by atoms with Crippen LogP contribution in [0.1, 0.15) is 18.4 Å². The Kier molecular flexibility index (Phi) is 5.95. The minimum atomic E-state index is -0.216. The van der Waals surface area contributed by atoms with Gasteiger partial charge in [0.25, 0.3) is 0 Å². The standard InChI is InChI=1S/C13H20N2O4/c1-9-7-10(17-2)13(11(8-9)18-3)19-6-4-5-12(16)15-14/h7-8H,4-6,14H2,1-3H3,(H,15,16). The van der Waals surface area contributed by atoms with Crippen molar-refractivity contribution in [2.24, 2.45) is 5.84 Å². The number of hydrogen-bond donors (Lipinski definition) is 2. The van der Waals surface area contributed by atoms with Crippen LogP contribution in [0.15, 0.2) is 12.1 Å². The first-order chi connectivity index (χ1) is 9.12. The number of carbonyl (C=O) groups excluding carboxylic acids is 1. The van der Waals surface area contributed by atoms with Gasteiger partial charge in [-0.2, -0.15) is 0 Å². The van der Waals surface area contributed by atoms with Crippen LogP contribution in [0.2, 0.25) is 0 Å². The van der Waals surface area contributed by atoms with Crippen molar-refractivity contribution in [2.75, 3.05) is 20.8 Å². The predicted octanol–water partition coefficient (Wildman–Crippen LogP) is 1.16. The smallest absolute Gasteiger partial charge is 0.234 e. The molecule has 0 bridgehead atoms. The summed E-state index contributed by atoms with van der Waals surface area (Å²) >= 11 is 0. The van der Waals surface area contributed by atoms with Crippen LogP contribution in [0.3, 0.4) is 0 Å². The number of carbonyl (C=O) groups is 1. The fourth-order valence-electron chi connectivity index (χ4n) is 1.63. The molecule has 0 aromatic heterocycles. The van der Waals surface area contributed by atoms with E-state index in [4.69, 9.17) is 20.1 Å². The lowest BCUT2D eigenvalue weighted by Gasteiger charge is -2.15. The molecule has 0 saturated heterocycles. The van der Waals surface area contributed by atoms with Crippen LogP contribution >= 0.6 is 0 Å². The number of ether oxygens (including phenoxy) is 3. The summed E-state index contributed by atoms with van der Waals surface area (Å²) in [5.74, 6) is 6.54. The van der Waals surface area contributed by atoms with Crippen molar-refractivity contribution in [1.82, 2.24) is 5.43 Å². The highest BCUT2D eigenvalue weighted by Crippen LogP contribution is 2.38. The molecule has 6 heteroatoms. The molecule has 0 saturated carbocycles. The van der Waals surface area contributed by atoms with Gasteiger partial charge in [-0.1, -0.05) is 0 Å². The highest BCUT2D eigenvalue weighted by Gasteiger charge is 2.13. The minimum Gasteiger partial charge on any atom is -0.493 e. The third-order valence-electron chi connectivity index (χ3n) is 2.56. The van der Waals surface area contributed by atoms with Gasteiger partial charge >= 0.3 is 0 Å². The molecular weight excluding hydrogens is 248 g/mol. The SMILES string of the molecule is COc1cc(C)cc(OC)c1OCCCC(=O)NN. The molecule has 0 aliphatic carbocycles. The van der Waals surface area contributed by atoms with E-state index in [0.717, 1.165) is 5.56 Å². The summed E-state index contributed by atoms with van der Waals surface area (Å²) in [6.45, 7) is 2.32. The van der Waals surface area contributed by atoms with Gasteiger partial charge in [-0.15, -0.1) is 0 Å². The number of rotatable bonds is 7. The van der Waals surface area contributed by atoms with E-state index < -0.39 is 0 Å². The molecule has 0 fully saturated rings. The first kappa shape index (κ1) is 15.1. The van der Waals surface area contributed by atoms with E-state index >= 15 is 0 Å². The lowest BCUT2D eigenvalue weighted by atomic mass is 10.2. The Morgan fingerprint density at radius 3 is 2.32 bits per heavy atom. The van der Waals surface area contributed by atoms with Gasteiger partial charge in [-0.25, -0.2) is 5.84 Å². The molecule has 0 atom stereocenters. The lowest BCUT2D eigenvalue weighted by Crippen LogP contribution is -2.30. The van der Waals surface area contributed by atoms with E-state index in [1.165, 1.54) is 0 Å². The van der Waals surface area contributed by atoms with E-state index in [2.05, 4.69) is 5.43 Å². The molecule has 1 aromatic carbocycles. The van der Waals surface area contributed by atoms with Crippen molar-refractivity contribution in [3.05, 3.63) is 17.7 Å². The Bertz CT molecular complexity index is 410. The first-order valence-electron chi connectivity index (χ1n) is 5.97. The molecule has 0 aliphatic heterocycles. The van der Waals surface area contributed by atoms with Gasteiger partial charge in [0, 0.05) is 6.42 Å². The molecule has 0 radical (unpaired) electrons. The van der Waals surface area contributed by atoms with Crippen LogP contribution in [0.5, 0.6) is 17.2 Å². The van der Waals surface area contributed by atoms with Crippen molar-refractivity contribution < 1.29 is 19.0 Å². The molecule has 1 rings (SSSR count). The van der Waals surface area contributed by atoms with Crippen molar-refractivity contribution in [3.8, 4) is 17.2 Å². The molecule has 0 spiro atoms. The maximum Gasteiger partial charge on any atom is 0.234 e. The summed E-state index contributed by atoms with van der Waals surface area (Å²) < 4.78 is 16.2. The number of nitrogens with two attached hydrogens (primary N) is 1. The Hall–Kier alpha value is -1.95. The van der Waals surface area contributed by atoms with Gasteiger partial charge in [0.2, 0.25) is 11.7 Å². The minimum absolute atomic E-state index is 0.216. The van der Waals surface area contributed by atoms with Crippen molar-refractivity contribution in [1.29, 1.82) is 0 Å². The number of nitrogens with one attached hydrogen (secondary N) is 1. The van der Waals surface area contributed by atoms with Crippen LogP contribution in [-0.2, 0) is 4.79 Å². The topological polar surface area (TPSA) is 82.8 Å². The van der Waals surface area contributed by atoms with E-state index in [9.17, 15) is 4.79 Å². The fourth-order valence-corrected chi connectivity index (χ4v) is 1.63. The van der Waals surface area contributed by atoms with Crippen molar-refractivity contribution in [3.63, 3.8) is 0 Å².